The average Bonchev–Trinajstić information content (AvgIpc) is 2.43. The fourth-order valence-electron chi connectivity index (χ4n) is 1.86. The first-order valence-electron chi connectivity index (χ1n) is 6.10. The minimum atomic E-state index is 0.00745. The molecule has 0 aliphatic carbocycles. The van der Waals surface area contributed by atoms with Crippen molar-refractivity contribution < 1.29 is 4.79 Å². The molecule has 2 rings (SSSR count). The average molecular weight is 401 g/mol. The summed E-state index contributed by atoms with van der Waals surface area (Å²) in [5, 5.41) is 0.455. The molecule has 0 fully saturated rings. The van der Waals surface area contributed by atoms with E-state index in [0.717, 1.165) is 20.3 Å². The van der Waals surface area contributed by atoms with Crippen LogP contribution in [0.25, 0.3) is 0 Å². The maximum Gasteiger partial charge on any atom is 0.254 e. The van der Waals surface area contributed by atoms with Gasteiger partial charge in [0.15, 0.2) is 0 Å². The van der Waals surface area contributed by atoms with Crippen molar-refractivity contribution in [3.05, 3.63) is 61.9 Å². The van der Waals surface area contributed by atoms with E-state index in [4.69, 9.17) is 11.6 Å². The number of rotatable bonds is 3. The summed E-state index contributed by atoms with van der Waals surface area (Å²) in [5.41, 5.74) is 2.79. The molecule has 1 aromatic heterocycles. The van der Waals surface area contributed by atoms with Gasteiger partial charge >= 0.3 is 0 Å². The van der Waals surface area contributed by atoms with E-state index in [0.29, 0.717) is 11.7 Å². The summed E-state index contributed by atoms with van der Waals surface area (Å²) in [6.07, 6.45) is 1.69. The number of pyridine rings is 1. The fraction of sp³-hybridized carbons (Fsp3) is 0.200. The van der Waals surface area contributed by atoms with Crippen LogP contribution in [0.15, 0.2) is 36.5 Å². The van der Waals surface area contributed by atoms with Crippen molar-refractivity contribution >= 4 is 40.1 Å². The minimum Gasteiger partial charge on any atom is -0.337 e. The van der Waals surface area contributed by atoms with Gasteiger partial charge in [0, 0.05) is 23.4 Å². The van der Waals surface area contributed by atoms with Gasteiger partial charge in [-0.25, -0.2) is 4.98 Å². The molecule has 104 valence electrons. The molecule has 5 heteroatoms. The van der Waals surface area contributed by atoms with Gasteiger partial charge in [0.2, 0.25) is 0 Å². The Labute approximate surface area is 137 Å². The van der Waals surface area contributed by atoms with Gasteiger partial charge in [-0.3, -0.25) is 4.79 Å². The van der Waals surface area contributed by atoms with Gasteiger partial charge in [0.05, 0.1) is 5.56 Å². The third-order valence-electron chi connectivity index (χ3n) is 2.98. The molecule has 0 radical (unpaired) electrons. The number of aryl methyl sites for hydroxylation is 1. The Morgan fingerprint density at radius 1 is 1.35 bits per heavy atom. The van der Waals surface area contributed by atoms with E-state index in [-0.39, 0.29) is 5.91 Å². The molecule has 1 aromatic carbocycles. The molecule has 0 unspecified atom stereocenters. The Hall–Kier alpha value is -1.14. The van der Waals surface area contributed by atoms with Gasteiger partial charge in [0.1, 0.15) is 5.15 Å². The van der Waals surface area contributed by atoms with Gasteiger partial charge in [0.25, 0.3) is 5.91 Å². The summed E-state index contributed by atoms with van der Waals surface area (Å²) >= 11 is 7.96. The fourth-order valence-corrected chi connectivity index (χ4v) is 2.57. The second-order valence-electron chi connectivity index (χ2n) is 4.59. The Morgan fingerprint density at radius 2 is 2.10 bits per heavy atom. The predicted molar refractivity (Wildman–Crippen MR) is 88.9 cm³/mol. The van der Waals surface area contributed by atoms with Crippen LogP contribution in [-0.2, 0) is 6.54 Å². The summed E-state index contributed by atoms with van der Waals surface area (Å²) in [4.78, 5) is 18.2. The van der Waals surface area contributed by atoms with E-state index >= 15 is 0 Å². The van der Waals surface area contributed by atoms with Crippen molar-refractivity contribution in [2.24, 2.45) is 0 Å². The predicted octanol–water partition coefficient (Wildman–Crippen LogP) is 3.92. The molecule has 0 spiro atoms. The van der Waals surface area contributed by atoms with Crippen molar-refractivity contribution in [3.8, 4) is 0 Å². The van der Waals surface area contributed by atoms with Crippen molar-refractivity contribution in [2.45, 2.75) is 13.5 Å². The normalized spacial score (nSPS) is 10.4. The third-order valence-corrected chi connectivity index (χ3v) is 4.63. The van der Waals surface area contributed by atoms with Gasteiger partial charge in [-0.15, -0.1) is 0 Å². The zero-order valence-electron chi connectivity index (χ0n) is 11.2. The molecular weight excluding hydrogens is 387 g/mol. The van der Waals surface area contributed by atoms with Gasteiger partial charge < -0.3 is 4.90 Å². The Balaban J connectivity index is 2.16. The number of halogens is 2. The summed E-state index contributed by atoms with van der Waals surface area (Å²) < 4.78 is 0.996. The van der Waals surface area contributed by atoms with Crippen molar-refractivity contribution in [1.82, 2.24) is 9.88 Å². The number of carbonyl (C=O) groups is 1. The second kappa shape index (κ2) is 6.54. The van der Waals surface area contributed by atoms with Gasteiger partial charge in [-0.05, 0) is 52.8 Å². The molecule has 0 saturated carbocycles. The summed E-state index contributed by atoms with van der Waals surface area (Å²) in [6.45, 7) is 2.51. The van der Waals surface area contributed by atoms with Crippen LogP contribution in [0.4, 0.5) is 0 Å². The quantitative estimate of drug-likeness (QED) is 0.578. The molecule has 0 atom stereocenters. The lowest BCUT2D eigenvalue weighted by atomic mass is 10.1. The second-order valence-corrected chi connectivity index (χ2v) is 6.05. The molecule has 20 heavy (non-hydrogen) atoms. The van der Waals surface area contributed by atoms with E-state index in [1.807, 2.05) is 31.2 Å². The van der Waals surface area contributed by atoms with E-state index < -0.39 is 0 Å². The maximum atomic E-state index is 12.5. The van der Waals surface area contributed by atoms with Crippen LogP contribution in [0.1, 0.15) is 21.5 Å². The SMILES string of the molecule is Cc1cccc(C(=O)N(C)Cc2ccc(Cl)nc2)c1I. The topological polar surface area (TPSA) is 33.2 Å². The molecular formula is C15H14ClIN2O. The lowest BCUT2D eigenvalue weighted by Gasteiger charge is -2.18. The molecule has 2 aromatic rings. The molecule has 1 heterocycles. The number of hydrogen-bond donors (Lipinski definition) is 0. The highest BCUT2D eigenvalue weighted by Crippen LogP contribution is 2.19. The van der Waals surface area contributed by atoms with Crippen LogP contribution in [-0.4, -0.2) is 22.8 Å². The molecule has 0 aliphatic heterocycles. The molecule has 0 saturated heterocycles. The first kappa shape index (κ1) is 15.3. The molecule has 3 nitrogen and oxygen atoms in total. The van der Waals surface area contributed by atoms with E-state index in [9.17, 15) is 4.79 Å². The third kappa shape index (κ3) is 3.49. The van der Waals surface area contributed by atoms with Crippen LogP contribution in [0.3, 0.4) is 0 Å². The van der Waals surface area contributed by atoms with Gasteiger partial charge in [-0.2, -0.15) is 0 Å². The first-order valence-corrected chi connectivity index (χ1v) is 7.55. The zero-order chi connectivity index (χ0) is 14.7. The molecule has 0 bridgehead atoms. The minimum absolute atomic E-state index is 0.00745. The van der Waals surface area contributed by atoms with Crippen LogP contribution >= 0.6 is 34.2 Å². The van der Waals surface area contributed by atoms with Crippen LogP contribution < -0.4 is 0 Å². The van der Waals surface area contributed by atoms with Crippen molar-refractivity contribution in [2.75, 3.05) is 7.05 Å². The lowest BCUT2D eigenvalue weighted by molar-refractivity contribution is 0.0784. The van der Waals surface area contributed by atoms with Crippen LogP contribution in [0.2, 0.25) is 5.15 Å². The maximum absolute atomic E-state index is 12.5. The van der Waals surface area contributed by atoms with Crippen LogP contribution in [0, 0.1) is 10.5 Å². The smallest absolute Gasteiger partial charge is 0.254 e. The number of carbonyl (C=O) groups excluding carboxylic acids is 1. The van der Waals surface area contributed by atoms with Crippen LogP contribution in [0.5, 0.6) is 0 Å². The standard InChI is InChI=1S/C15H14ClIN2O/c1-10-4-3-5-12(14(10)17)15(20)19(2)9-11-6-7-13(16)18-8-11/h3-8H,9H2,1-2H3. The van der Waals surface area contributed by atoms with Crippen molar-refractivity contribution in [1.29, 1.82) is 0 Å². The first-order chi connectivity index (χ1) is 9.49. The van der Waals surface area contributed by atoms with E-state index in [1.54, 1.807) is 24.2 Å². The summed E-state index contributed by atoms with van der Waals surface area (Å²) in [7, 11) is 1.79. The molecule has 1 amide bonds. The molecule has 0 aliphatic rings. The number of hydrogen-bond acceptors (Lipinski definition) is 2. The largest absolute Gasteiger partial charge is 0.337 e. The molecule has 0 N–H and O–H groups in total. The lowest BCUT2D eigenvalue weighted by Crippen LogP contribution is -2.27. The highest BCUT2D eigenvalue weighted by molar-refractivity contribution is 14.1. The highest BCUT2D eigenvalue weighted by Gasteiger charge is 2.16. The Kier molecular flexibility index (Phi) is 4.99. The highest BCUT2D eigenvalue weighted by atomic mass is 127. The zero-order valence-corrected chi connectivity index (χ0v) is 14.1. The summed E-state index contributed by atoms with van der Waals surface area (Å²) in [5.74, 6) is 0.00745. The monoisotopic (exact) mass is 400 g/mol. The van der Waals surface area contributed by atoms with E-state index in [2.05, 4.69) is 27.6 Å². The van der Waals surface area contributed by atoms with Crippen molar-refractivity contribution in [3.63, 3.8) is 0 Å². The number of benzene rings is 1. The summed E-state index contributed by atoms with van der Waals surface area (Å²) in [6, 6.07) is 9.36. The van der Waals surface area contributed by atoms with Gasteiger partial charge in [-0.1, -0.05) is 29.8 Å². The number of nitrogens with zero attached hydrogens (tertiary/aromatic N) is 2. The number of amides is 1. The Morgan fingerprint density at radius 3 is 2.75 bits per heavy atom. The van der Waals surface area contributed by atoms with E-state index in [1.165, 1.54) is 0 Å². The number of aromatic nitrogens is 1. The Bertz CT molecular complexity index is 628.